The number of hydrogen-bond donors (Lipinski definition) is 2. The van der Waals surface area contributed by atoms with E-state index in [1.54, 1.807) is 18.2 Å². The molecule has 0 saturated carbocycles. The SMILES string of the molecule is COc1cc(-n2cccc2)c(Cl)cc1C(=O)Nc1cc(C(=O)NC(C)C)ccc1Cl. The zero-order valence-corrected chi connectivity index (χ0v) is 18.2. The third-order valence-corrected chi connectivity index (χ3v) is 4.93. The normalized spacial score (nSPS) is 10.7. The Bertz CT molecular complexity index is 1080. The van der Waals surface area contributed by atoms with Gasteiger partial charge in [0.05, 0.1) is 34.1 Å². The Morgan fingerprint density at radius 3 is 2.33 bits per heavy atom. The number of halogens is 2. The summed E-state index contributed by atoms with van der Waals surface area (Å²) in [7, 11) is 1.48. The monoisotopic (exact) mass is 445 g/mol. The topological polar surface area (TPSA) is 72.4 Å². The maximum Gasteiger partial charge on any atom is 0.259 e. The molecule has 6 nitrogen and oxygen atoms in total. The summed E-state index contributed by atoms with van der Waals surface area (Å²) in [5, 5.41) is 6.22. The second kappa shape index (κ2) is 9.24. The molecule has 1 aromatic heterocycles. The van der Waals surface area contributed by atoms with Crippen LogP contribution in [0.3, 0.4) is 0 Å². The quantitative estimate of drug-likeness (QED) is 0.548. The van der Waals surface area contributed by atoms with Gasteiger partial charge >= 0.3 is 0 Å². The van der Waals surface area contributed by atoms with Crippen LogP contribution in [0, 0.1) is 0 Å². The van der Waals surface area contributed by atoms with Crippen molar-refractivity contribution in [3.63, 3.8) is 0 Å². The lowest BCUT2D eigenvalue weighted by molar-refractivity contribution is 0.0941. The highest BCUT2D eigenvalue weighted by molar-refractivity contribution is 6.34. The summed E-state index contributed by atoms with van der Waals surface area (Å²) in [6.07, 6.45) is 3.68. The molecule has 2 aromatic carbocycles. The van der Waals surface area contributed by atoms with Gasteiger partial charge in [0.2, 0.25) is 0 Å². The Hall–Kier alpha value is -2.96. The first-order valence-electron chi connectivity index (χ1n) is 9.22. The van der Waals surface area contributed by atoms with Crippen LogP contribution in [0.25, 0.3) is 5.69 Å². The lowest BCUT2D eigenvalue weighted by atomic mass is 10.1. The van der Waals surface area contributed by atoms with Crippen molar-refractivity contribution >= 4 is 40.7 Å². The van der Waals surface area contributed by atoms with E-state index in [-0.39, 0.29) is 17.5 Å². The first-order chi connectivity index (χ1) is 14.3. The minimum absolute atomic E-state index is 0.0172. The van der Waals surface area contributed by atoms with Crippen molar-refractivity contribution in [2.45, 2.75) is 19.9 Å². The predicted molar refractivity (Wildman–Crippen MR) is 119 cm³/mol. The first-order valence-corrected chi connectivity index (χ1v) is 9.98. The molecule has 0 aliphatic carbocycles. The molecule has 8 heteroatoms. The number of anilines is 1. The number of rotatable bonds is 6. The molecule has 0 spiro atoms. The van der Waals surface area contributed by atoms with Crippen LogP contribution in [0.2, 0.25) is 10.0 Å². The Kier molecular flexibility index (Phi) is 6.70. The smallest absolute Gasteiger partial charge is 0.259 e. The molecule has 0 saturated heterocycles. The van der Waals surface area contributed by atoms with Gasteiger partial charge in [-0.3, -0.25) is 9.59 Å². The summed E-state index contributed by atoms with van der Waals surface area (Å²) in [5.41, 5.74) is 1.62. The van der Waals surface area contributed by atoms with Crippen molar-refractivity contribution < 1.29 is 14.3 Å². The standard InChI is InChI=1S/C22H21Cl2N3O3/c1-13(2)25-21(28)14-6-7-16(23)18(10-14)26-22(29)15-11-17(24)19(12-20(15)30-3)27-8-4-5-9-27/h4-13H,1-3H3,(H,25,28)(H,26,29). The lowest BCUT2D eigenvalue weighted by Crippen LogP contribution is -2.30. The highest BCUT2D eigenvalue weighted by Crippen LogP contribution is 2.31. The maximum atomic E-state index is 12.9. The summed E-state index contributed by atoms with van der Waals surface area (Å²) >= 11 is 12.6. The summed E-state index contributed by atoms with van der Waals surface area (Å²) in [4.78, 5) is 25.2. The molecule has 156 valence electrons. The molecule has 0 unspecified atom stereocenters. The Balaban J connectivity index is 1.91. The summed E-state index contributed by atoms with van der Waals surface area (Å²) < 4.78 is 7.22. The van der Waals surface area contributed by atoms with E-state index in [2.05, 4.69) is 10.6 Å². The van der Waals surface area contributed by atoms with Crippen molar-refractivity contribution in [1.82, 2.24) is 9.88 Å². The molecule has 0 radical (unpaired) electrons. The van der Waals surface area contributed by atoms with Crippen molar-refractivity contribution in [1.29, 1.82) is 0 Å². The zero-order chi connectivity index (χ0) is 21.8. The number of nitrogens with zero attached hydrogens (tertiary/aromatic N) is 1. The minimum Gasteiger partial charge on any atom is -0.496 e. The van der Waals surface area contributed by atoms with Crippen LogP contribution in [0.15, 0.2) is 54.9 Å². The minimum atomic E-state index is -0.462. The summed E-state index contributed by atoms with van der Waals surface area (Å²) in [6, 6.07) is 11.6. The highest BCUT2D eigenvalue weighted by atomic mass is 35.5. The average molecular weight is 446 g/mol. The molecule has 30 heavy (non-hydrogen) atoms. The largest absolute Gasteiger partial charge is 0.496 e. The summed E-state index contributed by atoms with van der Waals surface area (Å²) in [6.45, 7) is 3.73. The Morgan fingerprint density at radius 2 is 1.70 bits per heavy atom. The van der Waals surface area contributed by atoms with Crippen molar-refractivity contribution in [2.75, 3.05) is 12.4 Å². The van der Waals surface area contributed by atoms with Gasteiger partial charge in [0, 0.05) is 30.1 Å². The second-order valence-corrected chi connectivity index (χ2v) is 7.69. The van der Waals surface area contributed by atoms with E-state index < -0.39 is 5.91 Å². The predicted octanol–water partition coefficient (Wildman–Crippen LogP) is 5.18. The fourth-order valence-electron chi connectivity index (χ4n) is 2.88. The first kappa shape index (κ1) is 21.7. The molecule has 0 aliphatic rings. The van der Waals surface area contributed by atoms with Gasteiger partial charge in [-0.2, -0.15) is 0 Å². The van der Waals surface area contributed by atoms with Gasteiger partial charge in [0.1, 0.15) is 5.75 Å². The number of nitrogens with one attached hydrogen (secondary N) is 2. The molecule has 2 N–H and O–H groups in total. The van der Waals surface area contributed by atoms with Crippen LogP contribution in [0.4, 0.5) is 5.69 Å². The van der Waals surface area contributed by atoms with Gasteiger partial charge in [-0.15, -0.1) is 0 Å². The lowest BCUT2D eigenvalue weighted by Gasteiger charge is -2.15. The van der Waals surface area contributed by atoms with Crippen LogP contribution in [0.1, 0.15) is 34.6 Å². The molecule has 1 heterocycles. The van der Waals surface area contributed by atoms with E-state index in [9.17, 15) is 9.59 Å². The fraction of sp³-hybridized carbons (Fsp3) is 0.182. The average Bonchev–Trinajstić information content (AvgIpc) is 3.23. The van der Waals surface area contributed by atoms with Crippen molar-refractivity contribution in [2.24, 2.45) is 0 Å². The van der Waals surface area contributed by atoms with Gasteiger partial charge in [0.25, 0.3) is 11.8 Å². The molecule has 0 bridgehead atoms. The molecule has 0 aliphatic heterocycles. The van der Waals surface area contributed by atoms with Crippen LogP contribution in [-0.4, -0.2) is 29.5 Å². The number of aromatic nitrogens is 1. The Morgan fingerprint density at radius 1 is 1.00 bits per heavy atom. The van der Waals surface area contributed by atoms with Gasteiger partial charge in [-0.1, -0.05) is 23.2 Å². The molecule has 3 rings (SSSR count). The molecule has 3 aromatic rings. The number of methoxy groups -OCH3 is 1. The van der Waals surface area contributed by atoms with Crippen LogP contribution >= 0.6 is 23.2 Å². The molecular formula is C22H21Cl2N3O3. The van der Waals surface area contributed by atoms with E-state index in [1.807, 2.05) is 42.9 Å². The van der Waals surface area contributed by atoms with E-state index in [4.69, 9.17) is 27.9 Å². The summed E-state index contributed by atoms with van der Waals surface area (Å²) in [5.74, 6) is -0.365. The van der Waals surface area contributed by atoms with E-state index in [1.165, 1.54) is 19.2 Å². The molecular weight excluding hydrogens is 425 g/mol. The van der Waals surface area contributed by atoms with Crippen molar-refractivity contribution in [3.8, 4) is 11.4 Å². The maximum absolute atomic E-state index is 12.9. The Labute approximate surface area is 184 Å². The van der Waals surface area contributed by atoms with Crippen LogP contribution < -0.4 is 15.4 Å². The number of benzene rings is 2. The van der Waals surface area contributed by atoms with Crippen LogP contribution in [-0.2, 0) is 0 Å². The third kappa shape index (κ3) is 4.78. The molecule has 0 atom stereocenters. The number of ether oxygens (including phenoxy) is 1. The van der Waals surface area contributed by atoms with Gasteiger partial charge in [-0.05, 0) is 50.2 Å². The van der Waals surface area contributed by atoms with Gasteiger partial charge < -0.3 is 19.9 Å². The second-order valence-electron chi connectivity index (χ2n) is 6.87. The third-order valence-electron chi connectivity index (χ3n) is 4.29. The van der Waals surface area contributed by atoms with Gasteiger partial charge in [0.15, 0.2) is 0 Å². The molecule has 2 amide bonds. The van der Waals surface area contributed by atoms with E-state index >= 15 is 0 Å². The van der Waals surface area contributed by atoms with E-state index in [0.29, 0.717) is 32.7 Å². The van der Waals surface area contributed by atoms with Crippen LogP contribution in [0.5, 0.6) is 5.75 Å². The number of carbonyl (C=O) groups excluding carboxylic acids is 2. The highest BCUT2D eigenvalue weighted by Gasteiger charge is 2.19. The van der Waals surface area contributed by atoms with E-state index in [0.717, 1.165) is 0 Å². The van der Waals surface area contributed by atoms with Gasteiger partial charge in [-0.25, -0.2) is 0 Å². The zero-order valence-electron chi connectivity index (χ0n) is 16.7. The molecule has 0 fully saturated rings. The number of hydrogen-bond acceptors (Lipinski definition) is 3. The number of amides is 2. The van der Waals surface area contributed by atoms with Crippen molar-refractivity contribution in [3.05, 3.63) is 76.0 Å². The fourth-order valence-corrected chi connectivity index (χ4v) is 3.31. The number of carbonyl (C=O) groups is 2.